The third-order valence-corrected chi connectivity index (χ3v) is 7.45. The molecule has 0 spiro atoms. The molecule has 2 N–H and O–H groups in total. The zero-order valence-corrected chi connectivity index (χ0v) is 20.1. The Morgan fingerprint density at radius 3 is 2.06 bits per heavy atom. The largest absolute Gasteiger partial charge is 0.381 e. The number of hydrogen-bond donors (Lipinski definition) is 2. The standard InChI is InChI=1S/C25H34N6OS/c33-24(26-19-25(10-16-32-17-11-25)20-8-2-1-3-9-20)29-23-27-21(30-12-4-5-13-30)18-22(28-23)31-14-6-7-15-31/h1-3,8-9,18H,4-7,10-17,19H2,(H2,26,27,28,29,33). The van der Waals surface area contributed by atoms with Crippen molar-refractivity contribution in [3.8, 4) is 0 Å². The molecule has 4 heterocycles. The van der Waals surface area contributed by atoms with E-state index in [9.17, 15) is 0 Å². The molecule has 0 unspecified atom stereocenters. The molecule has 3 aliphatic heterocycles. The van der Waals surface area contributed by atoms with Crippen LogP contribution in [0.15, 0.2) is 36.4 Å². The minimum absolute atomic E-state index is 0.0181. The van der Waals surface area contributed by atoms with E-state index in [2.05, 4.69) is 56.8 Å². The quantitative estimate of drug-likeness (QED) is 0.625. The monoisotopic (exact) mass is 466 g/mol. The van der Waals surface area contributed by atoms with Gasteiger partial charge in [-0.05, 0) is 56.3 Å². The van der Waals surface area contributed by atoms with E-state index in [4.69, 9.17) is 26.9 Å². The number of thiocarbonyl (C=S) groups is 1. The SMILES string of the molecule is S=C(NCC1(c2ccccc2)CCOCC1)Nc1nc(N2CCCC2)cc(N2CCCC2)n1. The number of ether oxygens (including phenoxy) is 1. The zero-order chi connectivity index (χ0) is 22.5. The average molecular weight is 467 g/mol. The van der Waals surface area contributed by atoms with Crippen molar-refractivity contribution in [1.29, 1.82) is 0 Å². The summed E-state index contributed by atoms with van der Waals surface area (Å²) in [6, 6.07) is 12.9. The Morgan fingerprint density at radius 2 is 1.48 bits per heavy atom. The minimum atomic E-state index is 0.0181. The highest BCUT2D eigenvalue weighted by atomic mass is 32.1. The first-order valence-electron chi connectivity index (χ1n) is 12.3. The summed E-state index contributed by atoms with van der Waals surface area (Å²) in [7, 11) is 0. The molecular weight excluding hydrogens is 432 g/mol. The van der Waals surface area contributed by atoms with Crippen LogP contribution in [0.25, 0.3) is 0 Å². The van der Waals surface area contributed by atoms with E-state index in [0.717, 1.165) is 70.4 Å². The van der Waals surface area contributed by atoms with Crippen molar-refractivity contribution < 1.29 is 4.74 Å². The first kappa shape index (κ1) is 22.3. The minimum Gasteiger partial charge on any atom is -0.381 e. The second-order valence-corrected chi connectivity index (χ2v) is 9.77. The van der Waals surface area contributed by atoms with Crippen LogP contribution in [0.1, 0.15) is 44.1 Å². The highest BCUT2D eigenvalue weighted by molar-refractivity contribution is 7.80. The average Bonchev–Trinajstić information content (AvgIpc) is 3.59. The fourth-order valence-electron chi connectivity index (χ4n) is 5.21. The summed E-state index contributed by atoms with van der Waals surface area (Å²) < 4.78 is 5.67. The molecule has 0 aliphatic carbocycles. The Labute approximate surface area is 201 Å². The molecule has 3 fully saturated rings. The van der Waals surface area contributed by atoms with Gasteiger partial charge in [-0.1, -0.05) is 30.3 Å². The Bertz CT molecular complexity index is 903. The normalized spacial score (nSPS) is 20.1. The first-order valence-corrected chi connectivity index (χ1v) is 12.7. The number of aromatic nitrogens is 2. The van der Waals surface area contributed by atoms with Crippen molar-refractivity contribution in [2.75, 3.05) is 61.1 Å². The topological polar surface area (TPSA) is 65.6 Å². The second-order valence-electron chi connectivity index (χ2n) is 9.36. The molecule has 3 saturated heterocycles. The van der Waals surface area contributed by atoms with E-state index < -0.39 is 0 Å². The van der Waals surface area contributed by atoms with Crippen molar-refractivity contribution >= 4 is 34.9 Å². The summed E-state index contributed by atoms with van der Waals surface area (Å²) in [6.45, 7) is 6.53. The number of benzene rings is 1. The van der Waals surface area contributed by atoms with Gasteiger partial charge in [-0.2, -0.15) is 9.97 Å². The fraction of sp³-hybridized carbons (Fsp3) is 0.560. The molecule has 1 aromatic heterocycles. The number of nitrogens with zero attached hydrogens (tertiary/aromatic N) is 4. The van der Waals surface area contributed by atoms with E-state index in [1.165, 1.54) is 31.2 Å². The maximum absolute atomic E-state index is 5.70. The molecule has 7 nitrogen and oxygen atoms in total. The number of nitrogens with one attached hydrogen (secondary N) is 2. The lowest BCUT2D eigenvalue weighted by atomic mass is 9.74. The third kappa shape index (κ3) is 5.22. The number of hydrogen-bond acceptors (Lipinski definition) is 6. The molecule has 8 heteroatoms. The lowest BCUT2D eigenvalue weighted by molar-refractivity contribution is 0.0515. The lowest BCUT2D eigenvalue weighted by Crippen LogP contribution is -2.45. The molecule has 1 aromatic carbocycles. The van der Waals surface area contributed by atoms with Gasteiger partial charge in [0.1, 0.15) is 11.6 Å². The molecule has 176 valence electrons. The van der Waals surface area contributed by atoms with Crippen LogP contribution in [0.2, 0.25) is 0 Å². The highest BCUT2D eigenvalue weighted by Gasteiger charge is 2.34. The zero-order valence-electron chi connectivity index (χ0n) is 19.3. The van der Waals surface area contributed by atoms with Crippen molar-refractivity contribution in [2.45, 2.75) is 43.9 Å². The third-order valence-electron chi connectivity index (χ3n) is 7.21. The molecule has 0 atom stereocenters. The van der Waals surface area contributed by atoms with E-state index in [-0.39, 0.29) is 5.41 Å². The van der Waals surface area contributed by atoms with Gasteiger partial charge in [0.05, 0.1) is 0 Å². The summed E-state index contributed by atoms with van der Waals surface area (Å²) in [5.41, 5.74) is 1.36. The van der Waals surface area contributed by atoms with E-state index in [1.807, 2.05) is 0 Å². The predicted molar refractivity (Wildman–Crippen MR) is 137 cm³/mol. The van der Waals surface area contributed by atoms with Gasteiger partial charge >= 0.3 is 0 Å². The van der Waals surface area contributed by atoms with Crippen LogP contribution < -0.4 is 20.4 Å². The summed E-state index contributed by atoms with van der Waals surface area (Å²) in [6.07, 6.45) is 6.83. The van der Waals surface area contributed by atoms with Crippen molar-refractivity contribution in [3.05, 3.63) is 42.0 Å². The fourth-order valence-corrected chi connectivity index (χ4v) is 5.37. The molecule has 2 aromatic rings. The van der Waals surface area contributed by atoms with E-state index in [0.29, 0.717) is 11.1 Å². The Morgan fingerprint density at radius 1 is 0.909 bits per heavy atom. The van der Waals surface area contributed by atoms with Crippen molar-refractivity contribution in [1.82, 2.24) is 15.3 Å². The van der Waals surface area contributed by atoms with Gasteiger partial charge in [0.15, 0.2) is 5.11 Å². The van der Waals surface area contributed by atoms with Gasteiger partial charge in [0.25, 0.3) is 0 Å². The van der Waals surface area contributed by atoms with Crippen LogP contribution in [0, 0.1) is 0 Å². The van der Waals surface area contributed by atoms with Crippen molar-refractivity contribution in [3.63, 3.8) is 0 Å². The van der Waals surface area contributed by atoms with Crippen LogP contribution in [0.3, 0.4) is 0 Å². The van der Waals surface area contributed by atoms with Gasteiger partial charge in [0, 0.05) is 57.4 Å². The molecule has 0 saturated carbocycles. The van der Waals surface area contributed by atoms with Gasteiger partial charge in [-0.25, -0.2) is 0 Å². The molecular formula is C25H34N6OS. The molecule has 33 heavy (non-hydrogen) atoms. The summed E-state index contributed by atoms with van der Waals surface area (Å²) in [4.78, 5) is 14.4. The van der Waals surface area contributed by atoms with Crippen LogP contribution in [-0.4, -0.2) is 61.0 Å². The predicted octanol–water partition coefficient (Wildman–Crippen LogP) is 3.71. The first-order chi connectivity index (χ1) is 16.2. The summed E-state index contributed by atoms with van der Waals surface area (Å²) >= 11 is 5.70. The van der Waals surface area contributed by atoms with Crippen LogP contribution >= 0.6 is 12.2 Å². The molecule has 5 rings (SSSR count). The highest BCUT2D eigenvalue weighted by Crippen LogP contribution is 2.34. The van der Waals surface area contributed by atoms with Gasteiger partial charge in [-0.3, -0.25) is 0 Å². The number of anilines is 3. The Hall–Kier alpha value is -2.45. The molecule has 3 aliphatic rings. The van der Waals surface area contributed by atoms with Gasteiger partial charge in [-0.15, -0.1) is 0 Å². The van der Waals surface area contributed by atoms with E-state index in [1.54, 1.807) is 0 Å². The lowest BCUT2D eigenvalue weighted by Gasteiger charge is -2.38. The maximum Gasteiger partial charge on any atom is 0.232 e. The van der Waals surface area contributed by atoms with Crippen LogP contribution in [0.5, 0.6) is 0 Å². The maximum atomic E-state index is 5.70. The summed E-state index contributed by atoms with van der Waals surface area (Å²) in [5.74, 6) is 2.58. The van der Waals surface area contributed by atoms with Gasteiger partial charge in [0.2, 0.25) is 5.95 Å². The smallest absolute Gasteiger partial charge is 0.232 e. The summed E-state index contributed by atoms with van der Waals surface area (Å²) in [5, 5.41) is 7.34. The molecule has 0 amide bonds. The van der Waals surface area contributed by atoms with Crippen LogP contribution in [-0.2, 0) is 10.2 Å². The second kappa shape index (κ2) is 10.2. The Balaban J connectivity index is 1.30. The van der Waals surface area contributed by atoms with Gasteiger partial charge < -0.3 is 25.2 Å². The molecule has 0 bridgehead atoms. The van der Waals surface area contributed by atoms with Crippen LogP contribution in [0.4, 0.5) is 17.6 Å². The van der Waals surface area contributed by atoms with E-state index >= 15 is 0 Å². The number of rotatable bonds is 6. The molecule has 0 radical (unpaired) electrons. The Kier molecular flexibility index (Phi) is 6.92. The van der Waals surface area contributed by atoms with Crippen molar-refractivity contribution in [2.24, 2.45) is 0 Å².